The third-order valence-electron chi connectivity index (χ3n) is 14.7. The van der Waals surface area contributed by atoms with Crippen molar-refractivity contribution < 1.29 is 80.2 Å². The van der Waals surface area contributed by atoms with Crippen molar-refractivity contribution in [3.63, 3.8) is 0 Å². The van der Waals surface area contributed by atoms with Crippen LogP contribution in [0.3, 0.4) is 0 Å². The van der Waals surface area contributed by atoms with Crippen molar-refractivity contribution in [3.8, 4) is 0 Å². The van der Waals surface area contributed by atoms with Crippen LogP contribution < -0.4 is 0 Å². The molecule has 0 saturated carbocycles. The van der Waals surface area contributed by atoms with Gasteiger partial charge in [-0.25, -0.2) is 9.13 Å². The Morgan fingerprint density at radius 1 is 0.341 bits per heavy atom. The summed E-state index contributed by atoms with van der Waals surface area (Å²) in [5.74, 6) is 0.712. The Morgan fingerprint density at radius 2 is 0.585 bits per heavy atom. The van der Waals surface area contributed by atoms with E-state index in [1.54, 1.807) is 0 Å². The van der Waals surface area contributed by atoms with E-state index in [0.717, 1.165) is 115 Å². The molecule has 19 heteroatoms. The number of aliphatic hydroxyl groups is 1. The number of phosphoric ester groups is 2. The Kier molecular flexibility index (Phi) is 52.0. The first-order chi connectivity index (χ1) is 39.1. The zero-order valence-electron chi connectivity index (χ0n) is 53.1. The predicted molar refractivity (Wildman–Crippen MR) is 326 cm³/mol. The quantitative estimate of drug-likeness (QED) is 0.0222. The van der Waals surface area contributed by atoms with Crippen LogP contribution >= 0.6 is 15.6 Å². The Bertz CT molecular complexity index is 1650. The average Bonchev–Trinajstić information content (AvgIpc) is 3.43. The van der Waals surface area contributed by atoms with Crippen molar-refractivity contribution in [2.24, 2.45) is 23.7 Å². The highest BCUT2D eigenvalue weighted by molar-refractivity contribution is 7.47. The largest absolute Gasteiger partial charge is 0.472 e. The van der Waals surface area contributed by atoms with Gasteiger partial charge in [0.05, 0.1) is 26.4 Å². The first-order valence-electron chi connectivity index (χ1n) is 32.7. The lowest BCUT2D eigenvalue weighted by Crippen LogP contribution is -2.30. The fourth-order valence-electron chi connectivity index (χ4n) is 9.22. The molecule has 0 heterocycles. The molecule has 6 atom stereocenters. The van der Waals surface area contributed by atoms with Gasteiger partial charge >= 0.3 is 39.5 Å². The maximum absolute atomic E-state index is 13.0. The molecule has 0 rings (SSSR count). The van der Waals surface area contributed by atoms with Gasteiger partial charge < -0.3 is 33.8 Å². The molecule has 0 amide bonds. The maximum atomic E-state index is 13.0. The number of hydrogen-bond acceptors (Lipinski definition) is 15. The molecule has 0 fully saturated rings. The summed E-state index contributed by atoms with van der Waals surface area (Å²) >= 11 is 0. The van der Waals surface area contributed by atoms with E-state index in [4.69, 9.17) is 37.0 Å². The number of phosphoric acid groups is 2. The number of hydrogen-bond donors (Lipinski definition) is 3. The van der Waals surface area contributed by atoms with E-state index in [9.17, 15) is 43.2 Å². The van der Waals surface area contributed by atoms with Crippen LogP contribution in [0.25, 0.3) is 0 Å². The van der Waals surface area contributed by atoms with Crippen molar-refractivity contribution in [3.05, 3.63) is 0 Å². The van der Waals surface area contributed by atoms with Gasteiger partial charge in [0.2, 0.25) is 0 Å². The normalized spacial score (nSPS) is 14.8. The van der Waals surface area contributed by atoms with E-state index >= 15 is 0 Å². The van der Waals surface area contributed by atoms with Crippen molar-refractivity contribution in [1.29, 1.82) is 0 Å². The van der Waals surface area contributed by atoms with Gasteiger partial charge in [-0.15, -0.1) is 0 Å². The highest BCUT2D eigenvalue weighted by Crippen LogP contribution is 2.45. The summed E-state index contributed by atoms with van der Waals surface area (Å²) in [6.07, 6.45) is 32.4. The molecule has 0 bridgehead atoms. The number of ether oxygens (including phenoxy) is 4. The summed E-state index contributed by atoms with van der Waals surface area (Å²) in [6, 6.07) is 0. The number of carbonyl (C=O) groups is 4. The third kappa shape index (κ3) is 55.9. The predicted octanol–water partition coefficient (Wildman–Crippen LogP) is 17.0. The summed E-state index contributed by atoms with van der Waals surface area (Å²) in [5, 5.41) is 10.5. The number of unbranched alkanes of at least 4 members (excludes halogenated alkanes) is 25. The Hall–Kier alpha value is -1.94. The Balaban J connectivity index is 5.25. The smallest absolute Gasteiger partial charge is 0.462 e. The maximum Gasteiger partial charge on any atom is 0.472 e. The van der Waals surface area contributed by atoms with Gasteiger partial charge in [0.1, 0.15) is 19.3 Å². The highest BCUT2D eigenvalue weighted by atomic mass is 31.2. The van der Waals surface area contributed by atoms with Gasteiger partial charge in [0.25, 0.3) is 0 Å². The molecule has 0 aliphatic heterocycles. The second-order valence-corrected chi connectivity index (χ2v) is 27.4. The van der Waals surface area contributed by atoms with E-state index < -0.39 is 97.5 Å². The van der Waals surface area contributed by atoms with Crippen molar-refractivity contribution >= 4 is 39.5 Å². The third-order valence-corrected chi connectivity index (χ3v) is 16.6. The lowest BCUT2D eigenvalue weighted by Gasteiger charge is -2.21. The van der Waals surface area contributed by atoms with E-state index in [-0.39, 0.29) is 25.7 Å². The number of carbonyl (C=O) groups excluding carboxylic acids is 4. The van der Waals surface area contributed by atoms with E-state index in [0.29, 0.717) is 37.5 Å². The van der Waals surface area contributed by atoms with Gasteiger partial charge in [-0.05, 0) is 49.4 Å². The Morgan fingerprint density at radius 3 is 0.866 bits per heavy atom. The molecular formula is C63H122O17P2. The van der Waals surface area contributed by atoms with Gasteiger partial charge in [0.15, 0.2) is 12.2 Å². The summed E-state index contributed by atoms with van der Waals surface area (Å²) in [6.45, 7) is 13.9. The monoisotopic (exact) mass is 1210 g/mol. The van der Waals surface area contributed by atoms with Gasteiger partial charge in [-0.2, -0.15) is 0 Å². The molecule has 17 nitrogen and oxygen atoms in total. The van der Waals surface area contributed by atoms with Crippen LogP contribution in [0, 0.1) is 23.7 Å². The van der Waals surface area contributed by atoms with Crippen LogP contribution in [0.4, 0.5) is 0 Å². The summed E-state index contributed by atoms with van der Waals surface area (Å²) < 4.78 is 67.9. The van der Waals surface area contributed by atoms with Crippen LogP contribution in [-0.2, 0) is 65.4 Å². The second-order valence-electron chi connectivity index (χ2n) is 24.5. The average molecular weight is 1210 g/mol. The minimum atomic E-state index is -4.94. The topological polar surface area (TPSA) is 237 Å². The van der Waals surface area contributed by atoms with Crippen LogP contribution in [0.2, 0.25) is 0 Å². The molecule has 3 N–H and O–H groups in total. The van der Waals surface area contributed by atoms with Crippen LogP contribution in [0.5, 0.6) is 0 Å². The number of aliphatic hydroxyl groups excluding tert-OH is 1. The van der Waals surface area contributed by atoms with Gasteiger partial charge in [-0.1, -0.05) is 248 Å². The van der Waals surface area contributed by atoms with E-state index in [1.165, 1.54) is 89.9 Å². The molecule has 0 aliphatic carbocycles. The molecule has 0 aromatic heterocycles. The SMILES string of the molecule is CCC(C)CCCCCCCCC(=O)O[C@H](COC(=O)CCCCCCCCCC(C)C)COP(=O)(O)OCC(O)COP(=O)(O)OC[C@@H](COC(=O)CCCCCCCCC(C)C)OC(=O)CCCCCCCCCCCCC(C)C. The summed E-state index contributed by atoms with van der Waals surface area (Å²) in [4.78, 5) is 72.1. The zero-order valence-corrected chi connectivity index (χ0v) is 54.9. The van der Waals surface area contributed by atoms with E-state index in [1.807, 2.05) is 0 Å². The molecule has 0 spiro atoms. The first-order valence-corrected chi connectivity index (χ1v) is 35.7. The molecular weight excluding hydrogens is 1090 g/mol. The lowest BCUT2D eigenvalue weighted by molar-refractivity contribution is -0.161. The van der Waals surface area contributed by atoms with Crippen molar-refractivity contribution in [2.75, 3.05) is 39.6 Å². The zero-order chi connectivity index (χ0) is 61.1. The number of esters is 4. The van der Waals surface area contributed by atoms with Crippen LogP contribution in [-0.4, -0.2) is 96.7 Å². The van der Waals surface area contributed by atoms with Gasteiger partial charge in [0, 0.05) is 25.7 Å². The minimum absolute atomic E-state index is 0.101. The van der Waals surface area contributed by atoms with Crippen molar-refractivity contribution in [2.45, 2.75) is 318 Å². The highest BCUT2D eigenvalue weighted by Gasteiger charge is 2.30. The molecule has 0 aromatic rings. The molecule has 486 valence electrons. The molecule has 4 unspecified atom stereocenters. The summed E-state index contributed by atoms with van der Waals surface area (Å²) in [5.41, 5.74) is 0. The van der Waals surface area contributed by atoms with E-state index in [2.05, 4.69) is 55.4 Å². The molecule has 82 heavy (non-hydrogen) atoms. The molecule has 0 saturated heterocycles. The standard InChI is InChI=1S/C63H122O17P2/c1-9-56(8)42-34-26-20-22-30-38-46-63(68)80-59(49-73-60(65)43-35-27-18-14-16-24-32-40-54(4)5)52-78-82(71,72)76-48-57(64)47-75-81(69,70)77-51-58(50-74-61(66)44-36-28-21-19-25-33-41-55(6)7)79-62(67)45-37-29-17-13-11-10-12-15-23-31-39-53(2)3/h53-59,64H,9-52H2,1-8H3,(H,69,70)(H,71,72)/t56?,57?,58-,59-/m1/s1. The number of rotatable bonds is 60. The van der Waals surface area contributed by atoms with Crippen LogP contribution in [0.1, 0.15) is 299 Å². The minimum Gasteiger partial charge on any atom is -0.462 e. The second kappa shape index (κ2) is 53.3. The fourth-order valence-corrected chi connectivity index (χ4v) is 10.8. The van der Waals surface area contributed by atoms with Crippen molar-refractivity contribution in [1.82, 2.24) is 0 Å². The molecule has 0 aliphatic rings. The first kappa shape index (κ1) is 80.1. The molecule has 0 aromatic carbocycles. The summed E-state index contributed by atoms with van der Waals surface area (Å²) in [7, 11) is -9.89. The van der Waals surface area contributed by atoms with Gasteiger partial charge in [-0.3, -0.25) is 37.3 Å². The lowest BCUT2D eigenvalue weighted by atomic mass is 10.00. The molecule has 0 radical (unpaired) electrons. The fraction of sp³-hybridized carbons (Fsp3) is 0.937. The van der Waals surface area contributed by atoms with Crippen LogP contribution in [0.15, 0.2) is 0 Å². The Labute approximate surface area is 498 Å².